The molecule has 3 heterocycles. The lowest BCUT2D eigenvalue weighted by Gasteiger charge is -2.32. The van der Waals surface area contributed by atoms with Crippen molar-refractivity contribution >= 4 is 0 Å². The Hall–Kier alpha value is -2.93. The molecule has 0 bridgehead atoms. The van der Waals surface area contributed by atoms with Crippen LogP contribution in [0.15, 0.2) is 53.7 Å². The maximum Gasteiger partial charge on any atom is 0.251 e. The smallest absolute Gasteiger partial charge is 0.251 e. The first kappa shape index (κ1) is 17.5. The average Bonchev–Trinajstić information content (AvgIpc) is 2.68. The van der Waals surface area contributed by atoms with Gasteiger partial charge in [0.25, 0.3) is 5.56 Å². The van der Waals surface area contributed by atoms with Crippen LogP contribution >= 0.6 is 0 Å². The Morgan fingerprint density at radius 1 is 1.26 bits per heavy atom. The lowest BCUT2D eigenvalue weighted by molar-refractivity contribution is 0.198. The van der Waals surface area contributed by atoms with E-state index in [0.29, 0.717) is 18.1 Å². The molecule has 3 aromatic rings. The summed E-state index contributed by atoms with van der Waals surface area (Å²) in [6.45, 7) is 2.43. The number of aromatic nitrogens is 4. The zero-order valence-electron chi connectivity index (χ0n) is 14.8. The van der Waals surface area contributed by atoms with Gasteiger partial charge < -0.3 is 4.98 Å². The van der Waals surface area contributed by atoms with E-state index >= 15 is 0 Å². The molecule has 4 rings (SSSR count). The van der Waals surface area contributed by atoms with E-state index in [1.54, 1.807) is 36.8 Å². The SMILES string of the molecule is O=c1cc([C@@H]2CCCN(Cc3cccc(F)c3)C2)nc(-c2cnccn2)[nH]1. The molecule has 1 aromatic carbocycles. The molecule has 1 atom stereocenters. The van der Waals surface area contributed by atoms with Gasteiger partial charge in [0.1, 0.15) is 11.5 Å². The van der Waals surface area contributed by atoms with E-state index in [4.69, 9.17) is 0 Å². The molecule has 0 saturated carbocycles. The molecule has 138 valence electrons. The summed E-state index contributed by atoms with van der Waals surface area (Å²) in [4.78, 5) is 30.0. The summed E-state index contributed by atoms with van der Waals surface area (Å²) < 4.78 is 13.4. The molecule has 0 amide bonds. The molecule has 1 N–H and O–H groups in total. The van der Waals surface area contributed by atoms with Crippen molar-refractivity contribution in [1.82, 2.24) is 24.8 Å². The Labute approximate surface area is 156 Å². The summed E-state index contributed by atoms with van der Waals surface area (Å²) in [5.41, 5.74) is 2.07. The van der Waals surface area contributed by atoms with Gasteiger partial charge in [0.15, 0.2) is 5.82 Å². The number of likely N-dealkylation sites (tertiary alicyclic amines) is 1. The molecule has 0 spiro atoms. The first-order valence-corrected chi connectivity index (χ1v) is 9.02. The number of hydrogen-bond acceptors (Lipinski definition) is 5. The van der Waals surface area contributed by atoms with Crippen LogP contribution in [0.5, 0.6) is 0 Å². The van der Waals surface area contributed by atoms with Crippen molar-refractivity contribution in [3.63, 3.8) is 0 Å². The van der Waals surface area contributed by atoms with Crippen molar-refractivity contribution in [2.45, 2.75) is 25.3 Å². The Morgan fingerprint density at radius 2 is 2.19 bits per heavy atom. The summed E-state index contributed by atoms with van der Waals surface area (Å²) in [6, 6.07) is 8.26. The fraction of sp³-hybridized carbons (Fsp3) is 0.300. The van der Waals surface area contributed by atoms with Crippen molar-refractivity contribution in [3.05, 3.63) is 76.4 Å². The van der Waals surface area contributed by atoms with Crippen LogP contribution in [0.1, 0.15) is 30.0 Å². The van der Waals surface area contributed by atoms with Crippen LogP contribution in [0.3, 0.4) is 0 Å². The van der Waals surface area contributed by atoms with Gasteiger partial charge in [0.2, 0.25) is 0 Å². The molecular formula is C20H20FN5O. The number of benzene rings is 1. The fourth-order valence-electron chi connectivity index (χ4n) is 3.56. The van der Waals surface area contributed by atoms with E-state index in [-0.39, 0.29) is 17.3 Å². The molecule has 1 aliphatic rings. The Bertz CT molecular complexity index is 975. The highest BCUT2D eigenvalue weighted by Crippen LogP contribution is 2.26. The van der Waals surface area contributed by atoms with Crippen molar-refractivity contribution in [2.24, 2.45) is 0 Å². The number of piperidine rings is 1. The van der Waals surface area contributed by atoms with E-state index in [2.05, 4.69) is 24.8 Å². The molecule has 1 aliphatic heterocycles. The first-order chi connectivity index (χ1) is 13.2. The lowest BCUT2D eigenvalue weighted by atomic mass is 9.94. The summed E-state index contributed by atoms with van der Waals surface area (Å²) in [7, 11) is 0. The molecule has 0 unspecified atom stereocenters. The lowest BCUT2D eigenvalue weighted by Crippen LogP contribution is -2.34. The van der Waals surface area contributed by atoms with Crippen LogP contribution in [-0.4, -0.2) is 37.9 Å². The Balaban J connectivity index is 1.54. The maximum atomic E-state index is 13.4. The van der Waals surface area contributed by atoms with Crippen molar-refractivity contribution < 1.29 is 4.39 Å². The zero-order chi connectivity index (χ0) is 18.6. The van der Waals surface area contributed by atoms with Gasteiger partial charge in [0, 0.05) is 37.5 Å². The number of rotatable bonds is 4. The second-order valence-electron chi connectivity index (χ2n) is 6.81. The second kappa shape index (κ2) is 7.75. The summed E-state index contributed by atoms with van der Waals surface area (Å²) >= 11 is 0. The predicted molar refractivity (Wildman–Crippen MR) is 99.5 cm³/mol. The third-order valence-corrected chi connectivity index (χ3v) is 4.79. The quantitative estimate of drug-likeness (QED) is 0.769. The summed E-state index contributed by atoms with van der Waals surface area (Å²) in [5.74, 6) is 0.379. The minimum Gasteiger partial charge on any atom is -0.305 e. The van der Waals surface area contributed by atoms with Gasteiger partial charge in [0.05, 0.1) is 11.9 Å². The van der Waals surface area contributed by atoms with Gasteiger partial charge in [-0.2, -0.15) is 0 Å². The zero-order valence-corrected chi connectivity index (χ0v) is 14.8. The maximum absolute atomic E-state index is 13.4. The molecule has 1 fully saturated rings. The highest BCUT2D eigenvalue weighted by atomic mass is 19.1. The van der Waals surface area contributed by atoms with Crippen molar-refractivity contribution in [3.8, 4) is 11.5 Å². The third-order valence-electron chi connectivity index (χ3n) is 4.79. The molecule has 6 nitrogen and oxygen atoms in total. The normalized spacial score (nSPS) is 17.7. The monoisotopic (exact) mass is 365 g/mol. The Kier molecular flexibility index (Phi) is 5.02. The molecule has 0 radical (unpaired) electrons. The van der Waals surface area contributed by atoms with Gasteiger partial charge >= 0.3 is 0 Å². The van der Waals surface area contributed by atoms with Crippen LogP contribution in [0.2, 0.25) is 0 Å². The molecule has 2 aromatic heterocycles. The van der Waals surface area contributed by atoms with E-state index in [0.717, 1.165) is 37.2 Å². The minimum absolute atomic E-state index is 0.157. The van der Waals surface area contributed by atoms with Gasteiger partial charge in [-0.05, 0) is 37.1 Å². The van der Waals surface area contributed by atoms with E-state index < -0.39 is 0 Å². The largest absolute Gasteiger partial charge is 0.305 e. The van der Waals surface area contributed by atoms with Crippen LogP contribution < -0.4 is 5.56 Å². The second-order valence-corrected chi connectivity index (χ2v) is 6.81. The van der Waals surface area contributed by atoms with Crippen molar-refractivity contribution in [2.75, 3.05) is 13.1 Å². The molecule has 1 saturated heterocycles. The van der Waals surface area contributed by atoms with Crippen LogP contribution in [0.25, 0.3) is 11.5 Å². The number of H-pyrrole nitrogens is 1. The van der Waals surface area contributed by atoms with E-state index in [1.165, 1.54) is 6.07 Å². The van der Waals surface area contributed by atoms with E-state index in [1.807, 2.05) is 6.07 Å². The number of aromatic amines is 1. The molecule has 7 heteroatoms. The minimum atomic E-state index is -0.217. The number of nitrogens with one attached hydrogen (secondary N) is 1. The number of hydrogen-bond donors (Lipinski definition) is 1. The number of halogens is 1. The molecule has 27 heavy (non-hydrogen) atoms. The average molecular weight is 365 g/mol. The van der Waals surface area contributed by atoms with Crippen molar-refractivity contribution in [1.29, 1.82) is 0 Å². The fourth-order valence-corrected chi connectivity index (χ4v) is 3.56. The number of nitrogens with zero attached hydrogens (tertiary/aromatic N) is 4. The molecule has 0 aliphatic carbocycles. The standard InChI is InChI=1S/C20H20FN5O/c21-16-5-1-3-14(9-16)12-26-8-2-4-15(13-26)17-10-19(27)25-20(24-17)18-11-22-6-7-23-18/h1,3,5-7,9-11,15H,2,4,8,12-13H2,(H,24,25,27)/t15-/m1/s1. The van der Waals surface area contributed by atoms with Crippen LogP contribution in [0, 0.1) is 5.82 Å². The van der Waals surface area contributed by atoms with E-state index in [9.17, 15) is 9.18 Å². The van der Waals surface area contributed by atoms with Crippen LogP contribution in [0.4, 0.5) is 4.39 Å². The van der Waals surface area contributed by atoms with Gasteiger partial charge in [-0.25, -0.2) is 14.4 Å². The summed E-state index contributed by atoms with van der Waals surface area (Å²) in [6.07, 6.45) is 6.71. The molecular weight excluding hydrogens is 345 g/mol. The first-order valence-electron chi connectivity index (χ1n) is 9.02. The highest BCUT2D eigenvalue weighted by Gasteiger charge is 2.23. The highest BCUT2D eigenvalue weighted by molar-refractivity contribution is 5.46. The van der Waals surface area contributed by atoms with Gasteiger partial charge in [-0.15, -0.1) is 0 Å². The van der Waals surface area contributed by atoms with Gasteiger partial charge in [-0.1, -0.05) is 12.1 Å². The predicted octanol–water partition coefficient (Wildman–Crippen LogP) is 2.75. The third kappa shape index (κ3) is 4.25. The summed E-state index contributed by atoms with van der Waals surface area (Å²) in [5, 5.41) is 0. The Morgan fingerprint density at radius 3 is 3.00 bits per heavy atom. The van der Waals surface area contributed by atoms with Crippen LogP contribution in [-0.2, 0) is 6.54 Å². The van der Waals surface area contributed by atoms with Gasteiger partial charge in [-0.3, -0.25) is 14.7 Å². The topological polar surface area (TPSA) is 74.8 Å².